The number of aromatic nitrogens is 6. The summed E-state index contributed by atoms with van der Waals surface area (Å²) in [6.07, 6.45) is 17.7. The van der Waals surface area contributed by atoms with Crippen molar-refractivity contribution in [1.82, 2.24) is 29.9 Å². The predicted octanol–water partition coefficient (Wildman–Crippen LogP) is 20.7. The molecule has 9 aromatic heterocycles. The van der Waals surface area contributed by atoms with E-state index in [4.69, 9.17) is 34.6 Å². The Bertz CT molecular complexity index is 6600. The van der Waals surface area contributed by atoms with Gasteiger partial charge in [0.25, 0.3) is 35.4 Å². The van der Waals surface area contributed by atoms with Crippen LogP contribution in [0.2, 0.25) is 0 Å². The van der Waals surface area contributed by atoms with Gasteiger partial charge in [-0.1, -0.05) is 41.5 Å². The number of hydrogen-bond donors (Lipinski definition) is 7. The van der Waals surface area contributed by atoms with E-state index in [1.54, 1.807) is 188 Å². The Labute approximate surface area is 904 Å². The quantitative estimate of drug-likeness (QED) is 0.0393. The number of benzene rings is 3. The average molecular weight is 2100 g/mol. The monoisotopic (exact) mass is 2100 g/mol. The number of pyridine rings is 6. The molecule has 12 aromatic rings. The van der Waals surface area contributed by atoms with Crippen LogP contribution in [-0.4, -0.2) is 203 Å². The van der Waals surface area contributed by atoms with Crippen LogP contribution >= 0.6 is 45.6 Å². The minimum Gasteiger partial charge on any atom is -0.477 e. The molecule has 6 saturated heterocycles. The van der Waals surface area contributed by atoms with Crippen LogP contribution in [0, 0.1) is 54.0 Å². The van der Waals surface area contributed by atoms with Crippen LogP contribution in [-0.2, 0) is 43.0 Å². The molecule has 774 valence electrons. The van der Waals surface area contributed by atoms with E-state index in [9.17, 15) is 43.5 Å². The van der Waals surface area contributed by atoms with Crippen molar-refractivity contribution in [3.05, 3.63) is 256 Å². The topological polar surface area (TPSA) is 402 Å². The Kier molecular flexibility index (Phi) is 38.3. The van der Waals surface area contributed by atoms with E-state index >= 15 is 0 Å². The van der Waals surface area contributed by atoms with E-state index in [1.807, 2.05) is 111 Å². The minimum atomic E-state index is -0.973. The number of aliphatic hydroxyl groups is 1. The smallest absolute Gasteiger partial charge is 0.412 e. The first-order valence-electron chi connectivity index (χ1n) is 49.4. The van der Waals surface area contributed by atoms with Crippen LogP contribution in [0.5, 0.6) is 0 Å². The van der Waals surface area contributed by atoms with E-state index in [1.165, 1.54) is 34.0 Å². The molecule has 37 heteroatoms. The zero-order chi connectivity index (χ0) is 104. The maximum atomic E-state index is 13.9. The van der Waals surface area contributed by atoms with Gasteiger partial charge in [-0.2, -0.15) is 0 Å². The normalized spacial score (nSPS) is 15.8. The molecule has 0 bridgehead atoms. The maximum Gasteiger partial charge on any atom is 0.412 e. The molecule has 9 aliphatic rings. The molecule has 32 nitrogen and oxygen atoms in total. The van der Waals surface area contributed by atoms with E-state index in [-0.39, 0.29) is 100 Å². The number of ether oxygens (including phenoxy) is 4. The summed E-state index contributed by atoms with van der Waals surface area (Å²) in [5, 5.41) is 31.2. The Morgan fingerprint density at radius 1 is 0.422 bits per heavy atom. The molecule has 0 atom stereocenters. The van der Waals surface area contributed by atoms with E-state index in [0.29, 0.717) is 135 Å². The fraction of sp³-hybridized carbons (Fsp3) is 0.373. The molecule has 3 aromatic carbocycles. The van der Waals surface area contributed by atoms with Crippen LogP contribution in [0.1, 0.15) is 210 Å². The molecule has 0 aliphatic carbocycles. The van der Waals surface area contributed by atoms with Crippen molar-refractivity contribution in [2.24, 2.45) is 16.2 Å². The Morgan fingerprint density at radius 3 is 1.02 bits per heavy atom. The first kappa shape index (κ1) is 112. The zero-order valence-electron chi connectivity index (χ0n) is 84.7. The average Bonchev–Trinajstić information content (AvgIpc) is 1.70. The largest absolute Gasteiger partial charge is 0.477 e. The van der Waals surface area contributed by atoms with Crippen LogP contribution in [0.3, 0.4) is 0 Å². The SMILES string of the molecule is CC.CC.CC.CC(C)(C)O.CC(C)(C)OC(=O)Nc1cc2c(s1)-c1ncccc1N(C(=O)c1ccc(NC(=O)c3cccnc3N3CC4(CCOCC4)C3)cc1)CC2.Nc1cc2c(s1)-c1ncccc1N(C(=O)c1ccc(NC(=O)c3cccnc3N3CC4(CCOCC4)C3)cc1)CC2.O=C(O)c1cc2c(s1)-c1ncccc1N(C(=O)c1ccc(NC(=O)c3cccnc3N3CC4(CCOCC4)C3)cc1)CC2.O=CCl.[Ar]. The van der Waals surface area contributed by atoms with Crippen LogP contribution in [0.4, 0.5) is 66.4 Å². The number of carbonyl (C=O) groups is 9. The molecule has 0 radical (unpaired) electrons. The number of rotatable bonds is 14. The number of nitrogen functional groups attached to an aromatic ring is 1. The third-order valence-electron chi connectivity index (χ3n) is 25.7. The molecular formula is C110H126ArClN17O15S3. The first-order chi connectivity index (χ1) is 70.4. The fourth-order valence-electron chi connectivity index (χ4n) is 18.8. The van der Waals surface area contributed by atoms with Crippen molar-refractivity contribution in [3.8, 4) is 31.7 Å². The second-order valence-electron chi connectivity index (χ2n) is 38.0. The van der Waals surface area contributed by atoms with Crippen molar-refractivity contribution in [3.63, 3.8) is 0 Å². The van der Waals surface area contributed by atoms with Crippen LogP contribution in [0.25, 0.3) is 31.7 Å². The summed E-state index contributed by atoms with van der Waals surface area (Å²) in [4.78, 5) is 156. The van der Waals surface area contributed by atoms with E-state index < -0.39 is 23.3 Å². The van der Waals surface area contributed by atoms with Gasteiger partial charge >= 0.3 is 12.1 Å². The molecule has 0 unspecified atom stereocenters. The predicted molar refractivity (Wildman–Crippen MR) is 579 cm³/mol. The molecule has 6 fully saturated rings. The van der Waals surface area contributed by atoms with Gasteiger partial charge in [-0.3, -0.25) is 53.8 Å². The van der Waals surface area contributed by atoms with Gasteiger partial charge in [0, 0.05) is 223 Å². The molecule has 3 spiro atoms. The summed E-state index contributed by atoms with van der Waals surface area (Å²) in [5.74, 6) is 0.118. The second kappa shape index (κ2) is 50.5. The summed E-state index contributed by atoms with van der Waals surface area (Å²) in [6.45, 7) is 34.0. The Balaban J connectivity index is 0.000000173. The molecule has 0 saturated carbocycles. The number of aromatic carboxylic acids is 1. The van der Waals surface area contributed by atoms with Crippen molar-refractivity contribution >= 4 is 160 Å². The van der Waals surface area contributed by atoms with Gasteiger partial charge in [0.2, 0.25) is 5.75 Å². The standard InChI is InChI=1S/C36H38N6O5S.C32H29N5O5S.C31H30N6O3S.C4H10O.3C2H6.CHClO.Ar/c1-35(2,3)47-34(45)40-28-20-24-12-17-42(27-7-5-15-37-29(27)30(24)48-28)33(44)23-8-10-25(11-9-23)39-32(43)26-6-4-16-38-31(26)41-21-36(22-41)13-18-46-19-14-36;38-29(23-3-1-13-34-28(23)36-18-32(19-36)10-15-42-16-11-32)35-22-7-5-20(6-8-22)30(39)37-14-9-21-17-25(31(40)41)43-27(21)26-24(37)4-2-12-33-26;32-25-17-21-9-14-37(24-4-2-12-33-26(24)27(21)41-25)30(39)20-5-7-22(8-6-20)35-29(38)23-3-1-13-34-28(23)36-18-31(19-36)10-15-40-16-11-31;1-4(2,3)5;3*1-2;2-1-3;/h4-11,15-16,20H,12-14,17-19,21-22H2,1-3H3,(H,39,43)(H,40,45);1-8,12-13,17H,9-11,14-16,18-19H2,(H,35,38)(H,40,41);1-8,12-13,17H,9-11,14-16,18-19,32H2,(H,35,38);5H,1-3H3;3*1-2H3;1H;. The number of anilines is 11. The molecule has 21 rings (SSSR count). The molecule has 147 heavy (non-hydrogen) atoms. The van der Waals surface area contributed by atoms with Crippen molar-refractivity contribution in [1.29, 1.82) is 0 Å². The molecule has 7 amide bonds. The molecular weight excluding hydrogens is 1970 g/mol. The number of carbonyl (C=O) groups excluding carboxylic acids is 8. The second-order valence-corrected chi connectivity index (χ2v) is 41.3. The number of fused-ring (bicyclic) bond motifs is 9. The van der Waals surface area contributed by atoms with Gasteiger partial charge in [-0.25, -0.2) is 24.5 Å². The van der Waals surface area contributed by atoms with Gasteiger partial charge in [-0.05, 0) is 291 Å². The van der Waals surface area contributed by atoms with Crippen molar-refractivity contribution in [2.75, 3.05) is 155 Å². The van der Waals surface area contributed by atoms with Crippen molar-refractivity contribution < 1.29 is 110 Å². The number of thiophene rings is 3. The summed E-state index contributed by atoms with van der Waals surface area (Å²) in [6, 6.07) is 48.2. The fourth-order valence-corrected chi connectivity index (χ4v) is 22.0. The summed E-state index contributed by atoms with van der Waals surface area (Å²) >= 11 is 8.40. The molecule has 18 heterocycles. The Morgan fingerprint density at radius 2 is 0.707 bits per heavy atom. The zero-order valence-corrected chi connectivity index (χ0v) is 88.6. The van der Waals surface area contributed by atoms with E-state index in [2.05, 4.69) is 77.5 Å². The minimum absolute atomic E-state index is 0. The van der Waals surface area contributed by atoms with Crippen LogP contribution < -0.4 is 56.4 Å². The summed E-state index contributed by atoms with van der Waals surface area (Å²) in [5.41, 5.74) is 17.7. The van der Waals surface area contributed by atoms with Gasteiger partial charge in [0.1, 0.15) is 45.0 Å². The number of halogens is 1. The number of nitrogens with two attached hydrogens (primary N) is 1. The summed E-state index contributed by atoms with van der Waals surface area (Å²) < 4.78 is 22.0. The van der Waals surface area contributed by atoms with Gasteiger partial charge in [-0.15, -0.1) is 34.0 Å². The maximum absolute atomic E-state index is 13.9. The molecule has 9 aliphatic heterocycles. The van der Waals surface area contributed by atoms with Crippen molar-refractivity contribution in [2.45, 2.75) is 152 Å². The summed E-state index contributed by atoms with van der Waals surface area (Å²) in [7, 11) is 0. The van der Waals surface area contributed by atoms with Gasteiger partial charge < -0.3 is 80.2 Å². The molecule has 8 N–H and O–H groups in total. The van der Waals surface area contributed by atoms with Gasteiger partial charge in [0.15, 0.2) is 0 Å². The number of amides is 7. The van der Waals surface area contributed by atoms with Crippen LogP contribution in [0.15, 0.2) is 201 Å². The number of carboxylic acid groups (broad SMARTS) is 1. The number of nitrogens with zero attached hydrogens (tertiary/aromatic N) is 12. The number of nitrogens with one attached hydrogen (secondary N) is 4. The first-order valence-corrected chi connectivity index (χ1v) is 52.3. The third-order valence-corrected chi connectivity index (χ3v) is 29.0. The third kappa shape index (κ3) is 27.2. The number of carboxylic acids is 1. The Hall–Kier alpha value is -12.5. The van der Waals surface area contributed by atoms with Gasteiger partial charge in [0.05, 0.1) is 64.0 Å². The van der Waals surface area contributed by atoms with E-state index in [0.717, 1.165) is 165 Å². The number of hydrogen-bond acceptors (Lipinski definition) is 27.